The van der Waals surface area contributed by atoms with Crippen LogP contribution in [0.4, 0.5) is 0 Å². The summed E-state index contributed by atoms with van der Waals surface area (Å²) < 4.78 is 12.3. The second-order valence-electron chi connectivity index (χ2n) is 7.76. The van der Waals surface area contributed by atoms with Gasteiger partial charge in [0.25, 0.3) is 0 Å². The second kappa shape index (κ2) is 6.73. The molecule has 0 radical (unpaired) electrons. The first-order valence-electron chi connectivity index (χ1n) is 9.39. The van der Waals surface area contributed by atoms with E-state index < -0.39 is 0 Å². The van der Waals surface area contributed by atoms with Crippen molar-refractivity contribution in [1.29, 1.82) is 0 Å². The van der Waals surface area contributed by atoms with Gasteiger partial charge in [0.2, 0.25) is 0 Å². The largest absolute Gasteiger partial charge is 0.508 e. The van der Waals surface area contributed by atoms with Crippen LogP contribution in [0.3, 0.4) is 0 Å². The Balaban J connectivity index is 1.59. The molecule has 1 N–H and O–H groups in total. The predicted octanol–water partition coefficient (Wildman–Crippen LogP) is 5.33. The maximum absolute atomic E-state index is 10.5. The van der Waals surface area contributed by atoms with E-state index in [9.17, 15) is 5.11 Å². The number of phenolic OH excluding ortho intramolecular Hbond substituents is 1. The van der Waals surface area contributed by atoms with E-state index in [2.05, 4.69) is 45.0 Å². The van der Waals surface area contributed by atoms with E-state index >= 15 is 0 Å². The van der Waals surface area contributed by atoms with Gasteiger partial charge in [-0.25, -0.2) is 0 Å². The predicted molar refractivity (Wildman–Crippen MR) is 106 cm³/mol. The summed E-state index contributed by atoms with van der Waals surface area (Å²) in [5, 5.41) is 10.5. The molecule has 0 amide bonds. The van der Waals surface area contributed by atoms with Crippen LogP contribution in [0.25, 0.3) is 0 Å². The van der Waals surface area contributed by atoms with Gasteiger partial charge in [-0.05, 0) is 62.6 Å². The summed E-state index contributed by atoms with van der Waals surface area (Å²) in [5.74, 6) is 3.53. The van der Waals surface area contributed by atoms with Gasteiger partial charge in [-0.3, -0.25) is 0 Å². The van der Waals surface area contributed by atoms with Gasteiger partial charge in [-0.1, -0.05) is 19.1 Å². The number of phenols is 1. The van der Waals surface area contributed by atoms with Crippen molar-refractivity contribution in [2.45, 2.75) is 56.4 Å². The van der Waals surface area contributed by atoms with Crippen molar-refractivity contribution in [3.8, 4) is 17.2 Å². The summed E-state index contributed by atoms with van der Waals surface area (Å²) in [5.41, 5.74) is 3.29. The van der Waals surface area contributed by atoms with E-state index in [1.54, 1.807) is 11.8 Å². The van der Waals surface area contributed by atoms with Crippen LogP contribution in [-0.2, 0) is 12.8 Å². The topological polar surface area (TPSA) is 38.7 Å². The zero-order valence-corrected chi connectivity index (χ0v) is 16.5. The molecule has 138 valence electrons. The minimum atomic E-state index is -0.109. The number of benzene rings is 2. The molecule has 0 aliphatic carbocycles. The lowest BCUT2D eigenvalue weighted by atomic mass is 9.86. The monoisotopic (exact) mass is 370 g/mol. The summed E-state index contributed by atoms with van der Waals surface area (Å²) in [6, 6.07) is 10.2. The van der Waals surface area contributed by atoms with E-state index in [1.807, 2.05) is 6.07 Å². The van der Waals surface area contributed by atoms with Crippen LogP contribution in [0, 0.1) is 0 Å². The third kappa shape index (κ3) is 3.27. The van der Waals surface area contributed by atoms with E-state index in [4.69, 9.17) is 9.47 Å². The Morgan fingerprint density at radius 1 is 1.23 bits per heavy atom. The molecular formula is C22H26O3S. The quantitative estimate of drug-likeness (QED) is 0.742. The number of hydrogen-bond acceptors (Lipinski definition) is 4. The van der Waals surface area contributed by atoms with Gasteiger partial charge >= 0.3 is 0 Å². The normalized spacial score (nSPS) is 20.5. The first-order valence-corrected chi connectivity index (χ1v) is 10.4. The molecule has 4 rings (SSSR count). The zero-order valence-electron chi connectivity index (χ0n) is 15.7. The number of rotatable bonds is 3. The van der Waals surface area contributed by atoms with Crippen LogP contribution in [-0.4, -0.2) is 23.1 Å². The van der Waals surface area contributed by atoms with Crippen LogP contribution in [0.1, 0.15) is 49.8 Å². The third-order valence-corrected chi connectivity index (χ3v) is 6.19. The molecule has 0 saturated heterocycles. The number of aromatic hydroxyl groups is 1. The highest BCUT2D eigenvalue weighted by atomic mass is 32.2. The number of fused-ring (bicyclic) bond motifs is 3. The molecule has 26 heavy (non-hydrogen) atoms. The van der Waals surface area contributed by atoms with Gasteiger partial charge in [0, 0.05) is 21.9 Å². The molecule has 0 bridgehead atoms. The van der Waals surface area contributed by atoms with Crippen LogP contribution in [0.15, 0.2) is 35.2 Å². The van der Waals surface area contributed by atoms with Crippen LogP contribution < -0.4 is 9.47 Å². The fourth-order valence-electron chi connectivity index (χ4n) is 3.94. The summed E-state index contributed by atoms with van der Waals surface area (Å²) in [6.45, 7) is 6.98. The molecule has 1 atom stereocenters. The van der Waals surface area contributed by atoms with Crippen molar-refractivity contribution in [1.82, 2.24) is 0 Å². The molecule has 2 heterocycles. The van der Waals surface area contributed by atoms with E-state index in [0.717, 1.165) is 47.0 Å². The molecule has 0 saturated carbocycles. The molecule has 2 aromatic carbocycles. The summed E-state index contributed by atoms with van der Waals surface area (Å²) >= 11 is 1.74. The van der Waals surface area contributed by atoms with Gasteiger partial charge in [0.1, 0.15) is 22.8 Å². The maximum Gasteiger partial charge on any atom is 0.129 e. The number of ether oxygens (including phenoxy) is 2. The van der Waals surface area contributed by atoms with Gasteiger partial charge in [0.15, 0.2) is 0 Å². The third-order valence-electron chi connectivity index (χ3n) is 5.31. The van der Waals surface area contributed by atoms with Gasteiger partial charge < -0.3 is 14.6 Å². The Labute approximate surface area is 159 Å². The van der Waals surface area contributed by atoms with Crippen molar-refractivity contribution in [2.24, 2.45) is 0 Å². The SMILES string of the molecule is CCSc1ccc(C2COc3c(ccc4c3CCC(C)(C)O4)C2)c(O)c1. The Hall–Kier alpha value is -1.81. The second-order valence-corrected chi connectivity index (χ2v) is 9.10. The Morgan fingerprint density at radius 2 is 2.08 bits per heavy atom. The lowest BCUT2D eigenvalue weighted by molar-refractivity contribution is 0.0826. The van der Waals surface area contributed by atoms with Gasteiger partial charge in [0.05, 0.1) is 6.61 Å². The lowest BCUT2D eigenvalue weighted by Gasteiger charge is -2.35. The minimum absolute atomic E-state index is 0.109. The molecule has 1 unspecified atom stereocenters. The van der Waals surface area contributed by atoms with Crippen LogP contribution in [0.2, 0.25) is 0 Å². The van der Waals surface area contributed by atoms with Gasteiger partial charge in [-0.15, -0.1) is 11.8 Å². The van der Waals surface area contributed by atoms with Crippen molar-refractivity contribution < 1.29 is 14.6 Å². The fourth-order valence-corrected chi connectivity index (χ4v) is 4.63. The average molecular weight is 371 g/mol. The molecule has 2 aliphatic rings. The molecule has 4 heteroatoms. The van der Waals surface area contributed by atoms with E-state index in [0.29, 0.717) is 12.4 Å². The minimum Gasteiger partial charge on any atom is -0.508 e. The van der Waals surface area contributed by atoms with Crippen molar-refractivity contribution in [2.75, 3.05) is 12.4 Å². The average Bonchev–Trinajstić information content (AvgIpc) is 2.60. The first kappa shape index (κ1) is 17.6. The van der Waals surface area contributed by atoms with Crippen molar-refractivity contribution >= 4 is 11.8 Å². The molecular weight excluding hydrogens is 344 g/mol. The van der Waals surface area contributed by atoms with E-state index in [1.165, 1.54) is 11.1 Å². The summed E-state index contributed by atoms with van der Waals surface area (Å²) in [4.78, 5) is 1.11. The van der Waals surface area contributed by atoms with Crippen LogP contribution >= 0.6 is 11.8 Å². The Morgan fingerprint density at radius 3 is 2.85 bits per heavy atom. The fraction of sp³-hybridized carbons (Fsp3) is 0.455. The standard InChI is InChI=1S/C22H26O3S/c1-4-26-16-6-7-17(19(23)12-16)15-11-14-5-8-20-18(21(14)24-13-15)9-10-22(2,3)25-20/h5-8,12,15,23H,4,9-11,13H2,1-3H3. The lowest BCUT2D eigenvalue weighted by Crippen LogP contribution is -2.33. The van der Waals surface area contributed by atoms with E-state index in [-0.39, 0.29) is 11.5 Å². The molecule has 0 spiro atoms. The van der Waals surface area contributed by atoms with Crippen molar-refractivity contribution in [3.05, 3.63) is 47.0 Å². The molecule has 0 fully saturated rings. The first-order chi connectivity index (χ1) is 12.5. The highest BCUT2D eigenvalue weighted by Crippen LogP contribution is 2.44. The maximum atomic E-state index is 10.5. The van der Waals surface area contributed by atoms with Crippen LogP contribution in [0.5, 0.6) is 17.2 Å². The highest BCUT2D eigenvalue weighted by molar-refractivity contribution is 7.99. The number of thioether (sulfide) groups is 1. The highest BCUT2D eigenvalue weighted by Gasteiger charge is 2.32. The Bertz CT molecular complexity index is 828. The molecule has 2 aliphatic heterocycles. The molecule has 3 nitrogen and oxygen atoms in total. The smallest absolute Gasteiger partial charge is 0.129 e. The molecule has 2 aromatic rings. The molecule has 0 aromatic heterocycles. The van der Waals surface area contributed by atoms with Gasteiger partial charge in [-0.2, -0.15) is 0 Å². The summed E-state index contributed by atoms with van der Waals surface area (Å²) in [6.07, 6.45) is 2.88. The number of hydrogen-bond donors (Lipinski definition) is 1. The zero-order chi connectivity index (χ0) is 18.3. The Kier molecular flexibility index (Phi) is 4.55. The summed E-state index contributed by atoms with van der Waals surface area (Å²) in [7, 11) is 0. The van der Waals surface area contributed by atoms with Crippen molar-refractivity contribution in [3.63, 3.8) is 0 Å².